The smallest absolute Gasteiger partial charge is 0.315 e. The molecule has 18 heteroatoms. The molecule has 0 aliphatic rings. The molecule has 0 saturated heterocycles. The molecule has 0 heterocycles. The molecule has 0 aromatic heterocycles. The molecule has 0 bridgehead atoms. The fourth-order valence-electron chi connectivity index (χ4n) is 3.59. The van der Waals surface area contributed by atoms with Crippen LogP contribution in [0.15, 0.2) is 97.0 Å². The van der Waals surface area contributed by atoms with Crippen molar-refractivity contribution in [2.24, 2.45) is 32.3 Å². The van der Waals surface area contributed by atoms with Gasteiger partial charge in [0.25, 0.3) is 5.69 Å². The van der Waals surface area contributed by atoms with Gasteiger partial charge in [-0.2, -0.15) is 47.4 Å². The first kappa shape index (κ1) is 29.3. The summed E-state index contributed by atoms with van der Waals surface area (Å²) in [6.07, 6.45) is 0. The molecule has 0 unspecified atom stereocenters. The van der Waals surface area contributed by atoms with Crippen molar-refractivity contribution < 1.29 is 35.4 Å². The highest BCUT2D eigenvalue weighted by Crippen LogP contribution is 2.46. The molecule has 16 nitrogen and oxygen atoms in total. The second-order valence-electron chi connectivity index (χ2n) is 8.17. The van der Waals surface area contributed by atoms with Gasteiger partial charge in [-0.15, -0.1) is 10.2 Å². The van der Waals surface area contributed by atoms with E-state index in [9.17, 15) is 32.1 Å². The molecule has 4 rings (SSSR count). The van der Waals surface area contributed by atoms with Crippen molar-refractivity contribution >= 4 is 59.4 Å². The van der Waals surface area contributed by atoms with Crippen LogP contribution in [-0.2, 0) is 28.8 Å². The van der Waals surface area contributed by atoms with Gasteiger partial charge in [0, 0.05) is 12.1 Å². The summed E-state index contributed by atoms with van der Waals surface area (Å²) in [4.78, 5) is 8.98. The monoisotopic (exact) mass is 601 g/mol. The van der Waals surface area contributed by atoms with Gasteiger partial charge in [0.1, 0.15) is 10.6 Å². The lowest BCUT2D eigenvalue weighted by Crippen LogP contribution is -2.12. The quantitative estimate of drug-likeness (QED) is 0.134. The molecule has 4 aromatic carbocycles. The van der Waals surface area contributed by atoms with E-state index in [1.54, 1.807) is 31.2 Å². The number of nitrogens with two attached hydrogens (primary N) is 2. The summed E-state index contributed by atoms with van der Waals surface area (Å²) in [5, 5.41) is 37.7. The molecule has 0 aliphatic carbocycles. The van der Waals surface area contributed by atoms with Crippen LogP contribution in [0.4, 0.5) is 28.4 Å². The summed E-state index contributed by atoms with van der Waals surface area (Å²) in [5.41, 5.74) is 0.0676. The minimum Gasteiger partial charge on any atom is -0.505 e. The Kier molecular flexibility index (Phi) is 8.14. The van der Waals surface area contributed by atoms with Crippen molar-refractivity contribution in [3.8, 4) is 5.75 Å². The summed E-state index contributed by atoms with van der Waals surface area (Å²) in [6.45, 7) is 1.73. The van der Waals surface area contributed by atoms with Gasteiger partial charge in [0.15, 0.2) is 5.75 Å². The lowest BCUT2D eigenvalue weighted by atomic mass is 10.1. The number of hydrogen-bond donors (Lipinski definition) is 3. The van der Waals surface area contributed by atoms with Gasteiger partial charge in [-0.25, -0.2) is 0 Å². The fourth-order valence-corrected chi connectivity index (χ4v) is 4.98. The molecular weight excluding hydrogens is 582 g/mol. The lowest BCUT2D eigenvalue weighted by molar-refractivity contribution is -0.384. The summed E-state index contributed by atoms with van der Waals surface area (Å²) in [6, 6.07) is 14.5. The maximum atomic E-state index is 12.7. The van der Waals surface area contributed by atoms with E-state index in [2.05, 4.69) is 29.0 Å². The van der Waals surface area contributed by atoms with Crippen LogP contribution in [0, 0.1) is 17.0 Å². The first-order valence-corrected chi connectivity index (χ1v) is 13.9. The summed E-state index contributed by atoms with van der Waals surface area (Å²) in [7, 11) is -9.31. The van der Waals surface area contributed by atoms with Gasteiger partial charge >= 0.3 is 20.2 Å². The predicted octanol–water partition coefficient (Wildman–Crippen LogP) is 4.75. The zero-order valence-corrected chi connectivity index (χ0v) is 22.4. The number of nitrogens with zero attached hydrogens (tertiary/aromatic N) is 5. The average molecular weight is 602 g/mol. The zero-order chi connectivity index (χ0) is 29.9. The number of phenolic OH excluding ortho intramolecular Hbond substituents is 1. The highest BCUT2D eigenvalue weighted by molar-refractivity contribution is 7.87. The number of non-ortho nitro benzene ring substituents is 1. The lowest BCUT2D eigenvalue weighted by Gasteiger charge is -2.13. The SMILES string of the molecule is Cc1ccccc1N=Nc1c(S(=O)(=O)ON)cc2cc(S(=O)(=O)ON)cc(N=Nc3ccc([N+](=O)[O-])cc3)c2c1O. The number of hydrogen-bond acceptors (Lipinski definition) is 15. The predicted molar refractivity (Wildman–Crippen MR) is 143 cm³/mol. The third kappa shape index (κ3) is 6.06. The van der Waals surface area contributed by atoms with Crippen molar-refractivity contribution in [1.29, 1.82) is 0 Å². The number of benzene rings is 4. The standard InChI is InChI=1S/C23H19N7O9S2/c1-13-4-2-3-5-18(13)27-29-22-20(41(36,37)39-25)11-14-10-17(40(34,35)38-24)12-19(21(14)23(22)31)28-26-15-6-8-16(9-7-15)30(32)33/h2-12,31H,24-25H2,1H3. The highest BCUT2D eigenvalue weighted by atomic mass is 32.2. The molecule has 0 aliphatic heterocycles. The summed E-state index contributed by atoms with van der Waals surface area (Å²) >= 11 is 0. The van der Waals surface area contributed by atoms with Crippen LogP contribution >= 0.6 is 0 Å². The first-order chi connectivity index (χ1) is 19.4. The van der Waals surface area contributed by atoms with E-state index in [1.807, 2.05) is 0 Å². The van der Waals surface area contributed by atoms with Crippen LogP contribution in [0.1, 0.15) is 5.56 Å². The van der Waals surface area contributed by atoms with Crippen LogP contribution in [0.2, 0.25) is 0 Å². The minimum absolute atomic E-state index is 0.127. The topological polar surface area (TPSA) is 252 Å². The average Bonchev–Trinajstić information content (AvgIpc) is 2.95. The molecule has 0 fully saturated rings. The third-order valence-electron chi connectivity index (χ3n) is 5.62. The minimum atomic E-state index is -4.74. The summed E-state index contributed by atoms with van der Waals surface area (Å²) < 4.78 is 58.4. The second-order valence-corrected chi connectivity index (χ2v) is 11.3. The Morgan fingerprint density at radius 1 is 0.829 bits per heavy atom. The number of aromatic hydroxyl groups is 1. The van der Waals surface area contributed by atoms with Gasteiger partial charge < -0.3 is 5.11 Å². The number of phenols is 1. The first-order valence-electron chi connectivity index (χ1n) is 11.1. The van der Waals surface area contributed by atoms with Crippen LogP contribution in [0.25, 0.3) is 10.8 Å². The molecule has 0 atom stereocenters. The largest absolute Gasteiger partial charge is 0.505 e. The second kappa shape index (κ2) is 11.4. The van der Waals surface area contributed by atoms with Crippen LogP contribution in [-0.4, -0.2) is 26.9 Å². The third-order valence-corrected chi connectivity index (χ3v) is 7.79. The van der Waals surface area contributed by atoms with Crippen LogP contribution in [0.3, 0.4) is 0 Å². The molecule has 0 radical (unpaired) electrons. The van der Waals surface area contributed by atoms with Crippen molar-refractivity contribution in [2.45, 2.75) is 16.7 Å². The normalized spacial score (nSPS) is 12.5. The Hall–Kier alpha value is -4.72. The molecular formula is C23H19N7O9S2. The van der Waals surface area contributed by atoms with Gasteiger partial charge in [-0.3, -0.25) is 10.1 Å². The number of aryl methyl sites for hydroxylation is 1. The molecule has 0 amide bonds. The summed E-state index contributed by atoms with van der Waals surface area (Å²) in [5.74, 6) is 9.10. The molecule has 4 aromatic rings. The van der Waals surface area contributed by atoms with Gasteiger partial charge in [-0.05, 0) is 54.3 Å². The van der Waals surface area contributed by atoms with Crippen molar-refractivity contribution in [1.82, 2.24) is 0 Å². The van der Waals surface area contributed by atoms with Gasteiger partial charge in [0.2, 0.25) is 0 Å². The number of nitro groups is 1. The van der Waals surface area contributed by atoms with E-state index in [4.69, 9.17) is 11.8 Å². The molecule has 212 valence electrons. The Bertz CT molecular complexity index is 1940. The number of fused-ring (bicyclic) bond motifs is 1. The van der Waals surface area contributed by atoms with E-state index < -0.39 is 46.4 Å². The molecule has 0 saturated carbocycles. The maximum Gasteiger partial charge on any atom is 0.315 e. The van der Waals surface area contributed by atoms with Crippen LogP contribution < -0.4 is 11.8 Å². The molecule has 41 heavy (non-hydrogen) atoms. The van der Waals surface area contributed by atoms with Crippen molar-refractivity contribution in [3.05, 3.63) is 82.4 Å². The number of azo groups is 2. The highest BCUT2D eigenvalue weighted by Gasteiger charge is 2.27. The van der Waals surface area contributed by atoms with E-state index in [0.717, 1.165) is 18.2 Å². The molecule has 5 N–H and O–H groups in total. The Balaban J connectivity index is 2.02. The maximum absolute atomic E-state index is 12.7. The molecule has 0 spiro atoms. The van der Waals surface area contributed by atoms with Crippen molar-refractivity contribution in [2.75, 3.05) is 0 Å². The van der Waals surface area contributed by atoms with Gasteiger partial charge in [0.05, 0.1) is 32.3 Å². The van der Waals surface area contributed by atoms with Gasteiger partial charge in [-0.1, -0.05) is 18.2 Å². The zero-order valence-electron chi connectivity index (χ0n) is 20.8. The number of rotatable bonds is 9. The number of nitro benzene ring substituents is 1. The Labute approximate surface area is 231 Å². The van der Waals surface area contributed by atoms with E-state index >= 15 is 0 Å². The van der Waals surface area contributed by atoms with E-state index in [-0.39, 0.29) is 27.8 Å². The van der Waals surface area contributed by atoms with E-state index in [0.29, 0.717) is 11.3 Å². The van der Waals surface area contributed by atoms with Crippen LogP contribution in [0.5, 0.6) is 5.75 Å². The fraction of sp³-hybridized carbons (Fsp3) is 0.0435. The Morgan fingerprint density at radius 2 is 1.46 bits per heavy atom. The van der Waals surface area contributed by atoms with E-state index in [1.165, 1.54) is 24.3 Å². The van der Waals surface area contributed by atoms with Crippen molar-refractivity contribution in [3.63, 3.8) is 0 Å². The Morgan fingerprint density at radius 3 is 2.07 bits per heavy atom.